The van der Waals surface area contributed by atoms with Crippen molar-refractivity contribution in [1.29, 1.82) is 0 Å². The smallest absolute Gasteiger partial charge is 0.337 e. The molecule has 0 heterocycles. The molecule has 0 saturated heterocycles. The maximum absolute atomic E-state index is 13.5. The van der Waals surface area contributed by atoms with Gasteiger partial charge in [-0.3, -0.25) is 0 Å². The summed E-state index contributed by atoms with van der Waals surface area (Å²) in [7, 11) is 1.26. The van der Waals surface area contributed by atoms with E-state index < -0.39 is 17.6 Å². The van der Waals surface area contributed by atoms with Crippen molar-refractivity contribution in [2.24, 2.45) is 0 Å². The van der Waals surface area contributed by atoms with Crippen LogP contribution in [-0.4, -0.2) is 13.1 Å². The van der Waals surface area contributed by atoms with E-state index in [1.807, 2.05) is 0 Å². The molecule has 0 bridgehead atoms. The maximum atomic E-state index is 13.5. The quantitative estimate of drug-likeness (QED) is 0.695. The van der Waals surface area contributed by atoms with E-state index in [0.717, 1.165) is 12.1 Å². The number of benzene rings is 2. The Kier molecular flexibility index (Phi) is 4.37. The van der Waals surface area contributed by atoms with Gasteiger partial charge in [0.15, 0.2) is 0 Å². The summed E-state index contributed by atoms with van der Waals surface area (Å²) < 4.78 is 36.3. The average Bonchev–Trinajstić information content (AvgIpc) is 2.47. The molecule has 4 nitrogen and oxygen atoms in total. The van der Waals surface area contributed by atoms with Crippen LogP contribution in [0.25, 0.3) is 0 Å². The Morgan fingerprint density at radius 2 is 1.95 bits per heavy atom. The van der Waals surface area contributed by atoms with Crippen molar-refractivity contribution in [3.05, 3.63) is 59.2 Å². The summed E-state index contributed by atoms with van der Waals surface area (Å²) in [6.07, 6.45) is 0. The molecular weight excluding hydrogens is 280 g/mol. The van der Waals surface area contributed by atoms with Crippen LogP contribution in [0.3, 0.4) is 0 Å². The molecule has 6 heteroatoms. The van der Waals surface area contributed by atoms with Gasteiger partial charge in [0.2, 0.25) is 0 Å². The summed E-state index contributed by atoms with van der Waals surface area (Å²) in [4.78, 5) is 11.4. The van der Waals surface area contributed by atoms with Gasteiger partial charge < -0.3 is 15.2 Å². The van der Waals surface area contributed by atoms with Gasteiger partial charge in [-0.2, -0.15) is 0 Å². The van der Waals surface area contributed by atoms with E-state index in [1.165, 1.54) is 31.4 Å². The van der Waals surface area contributed by atoms with Gasteiger partial charge in [0.25, 0.3) is 0 Å². The Morgan fingerprint density at radius 1 is 1.19 bits per heavy atom. The number of carbonyl (C=O) groups excluding carboxylic acids is 1. The zero-order valence-corrected chi connectivity index (χ0v) is 11.2. The van der Waals surface area contributed by atoms with E-state index in [1.54, 1.807) is 0 Å². The fourth-order valence-electron chi connectivity index (χ4n) is 1.70. The van der Waals surface area contributed by atoms with Crippen molar-refractivity contribution in [2.75, 3.05) is 12.8 Å². The third-order valence-corrected chi connectivity index (χ3v) is 2.83. The number of anilines is 1. The van der Waals surface area contributed by atoms with Crippen molar-refractivity contribution in [3.63, 3.8) is 0 Å². The Morgan fingerprint density at radius 3 is 2.62 bits per heavy atom. The monoisotopic (exact) mass is 293 g/mol. The standard InChI is InChI=1S/C15H13F2NO3/c1-20-15(19)9-3-5-13(18)14(6-9)21-8-10-2-4-11(16)7-12(10)17/h2-7H,8,18H2,1H3. The molecule has 0 saturated carbocycles. The summed E-state index contributed by atoms with van der Waals surface area (Å²) >= 11 is 0. The van der Waals surface area contributed by atoms with Gasteiger partial charge in [0, 0.05) is 11.6 Å². The molecule has 0 fully saturated rings. The summed E-state index contributed by atoms with van der Waals surface area (Å²) in [5.74, 6) is -1.68. The Hall–Kier alpha value is -2.63. The number of rotatable bonds is 4. The lowest BCUT2D eigenvalue weighted by Crippen LogP contribution is -2.05. The van der Waals surface area contributed by atoms with E-state index in [9.17, 15) is 13.6 Å². The van der Waals surface area contributed by atoms with Crippen LogP contribution in [0.5, 0.6) is 5.75 Å². The highest BCUT2D eigenvalue weighted by Crippen LogP contribution is 2.24. The number of carbonyl (C=O) groups is 1. The number of halogens is 2. The van der Waals surface area contributed by atoms with Gasteiger partial charge in [-0.25, -0.2) is 13.6 Å². The highest BCUT2D eigenvalue weighted by atomic mass is 19.1. The Bertz CT molecular complexity index is 674. The zero-order valence-electron chi connectivity index (χ0n) is 11.2. The summed E-state index contributed by atoms with van der Waals surface area (Å²) in [5.41, 5.74) is 6.47. The van der Waals surface area contributed by atoms with Gasteiger partial charge in [0.05, 0.1) is 18.4 Å². The second-order valence-corrected chi connectivity index (χ2v) is 4.27. The molecule has 0 aromatic heterocycles. The minimum absolute atomic E-state index is 0.138. The first-order valence-corrected chi connectivity index (χ1v) is 6.06. The second kappa shape index (κ2) is 6.21. The number of hydrogen-bond donors (Lipinski definition) is 1. The first-order valence-electron chi connectivity index (χ1n) is 6.06. The number of ether oxygens (including phenoxy) is 2. The van der Waals surface area contributed by atoms with Crippen LogP contribution in [0.4, 0.5) is 14.5 Å². The molecule has 21 heavy (non-hydrogen) atoms. The van der Waals surface area contributed by atoms with E-state index >= 15 is 0 Å². The maximum Gasteiger partial charge on any atom is 0.337 e. The van der Waals surface area contributed by atoms with Crippen molar-refractivity contribution in [3.8, 4) is 5.75 Å². The fraction of sp³-hybridized carbons (Fsp3) is 0.133. The minimum Gasteiger partial charge on any atom is -0.487 e. The van der Waals surface area contributed by atoms with Gasteiger partial charge in [-0.05, 0) is 30.3 Å². The van der Waals surface area contributed by atoms with Gasteiger partial charge in [-0.15, -0.1) is 0 Å². The van der Waals surface area contributed by atoms with Gasteiger partial charge in [-0.1, -0.05) is 0 Å². The fourth-order valence-corrected chi connectivity index (χ4v) is 1.70. The predicted molar refractivity (Wildman–Crippen MR) is 72.9 cm³/mol. The van der Waals surface area contributed by atoms with E-state index in [-0.39, 0.29) is 23.5 Å². The summed E-state index contributed by atoms with van der Waals surface area (Å²) in [6, 6.07) is 7.58. The third-order valence-electron chi connectivity index (χ3n) is 2.83. The van der Waals surface area contributed by atoms with Crippen LogP contribution in [0.2, 0.25) is 0 Å². The topological polar surface area (TPSA) is 61.5 Å². The first kappa shape index (κ1) is 14.8. The van der Waals surface area contributed by atoms with E-state index in [4.69, 9.17) is 10.5 Å². The number of methoxy groups -OCH3 is 1. The number of esters is 1. The number of hydrogen-bond acceptors (Lipinski definition) is 4. The normalized spacial score (nSPS) is 10.2. The van der Waals surface area contributed by atoms with Crippen LogP contribution in [-0.2, 0) is 11.3 Å². The summed E-state index contributed by atoms with van der Waals surface area (Å²) in [5, 5.41) is 0. The minimum atomic E-state index is -0.710. The molecule has 0 amide bonds. The van der Waals surface area contributed by atoms with Crippen LogP contribution in [0.15, 0.2) is 36.4 Å². The second-order valence-electron chi connectivity index (χ2n) is 4.27. The van der Waals surface area contributed by atoms with Crippen LogP contribution in [0, 0.1) is 11.6 Å². The molecule has 2 rings (SSSR count). The van der Waals surface area contributed by atoms with Gasteiger partial charge >= 0.3 is 5.97 Å². The number of nitrogens with two attached hydrogens (primary N) is 1. The average molecular weight is 293 g/mol. The molecular formula is C15H13F2NO3. The molecule has 0 unspecified atom stereocenters. The third kappa shape index (κ3) is 3.47. The highest BCUT2D eigenvalue weighted by molar-refractivity contribution is 5.90. The van der Waals surface area contributed by atoms with Crippen molar-refractivity contribution in [2.45, 2.75) is 6.61 Å². The Labute approximate surface area is 120 Å². The van der Waals surface area contributed by atoms with Crippen molar-refractivity contribution >= 4 is 11.7 Å². The highest BCUT2D eigenvalue weighted by Gasteiger charge is 2.11. The molecule has 0 aliphatic rings. The largest absolute Gasteiger partial charge is 0.487 e. The van der Waals surface area contributed by atoms with Crippen LogP contribution in [0.1, 0.15) is 15.9 Å². The molecule has 0 radical (unpaired) electrons. The molecule has 2 aromatic carbocycles. The van der Waals surface area contributed by atoms with Crippen molar-refractivity contribution in [1.82, 2.24) is 0 Å². The van der Waals surface area contributed by atoms with Crippen LogP contribution >= 0.6 is 0 Å². The SMILES string of the molecule is COC(=O)c1ccc(N)c(OCc2ccc(F)cc2F)c1. The van der Waals surface area contributed by atoms with E-state index in [2.05, 4.69) is 4.74 Å². The Balaban J connectivity index is 2.17. The molecule has 0 aliphatic carbocycles. The van der Waals surface area contributed by atoms with Gasteiger partial charge in [0.1, 0.15) is 24.0 Å². The molecule has 110 valence electrons. The lowest BCUT2D eigenvalue weighted by Gasteiger charge is -2.11. The molecule has 2 N–H and O–H groups in total. The van der Waals surface area contributed by atoms with Crippen molar-refractivity contribution < 1.29 is 23.0 Å². The molecule has 0 aliphatic heterocycles. The lowest BCUT2D eigenvalue weighted by molar-refractivity contribution is 0.0600. The van der Waals surface area contributed by atoms with E-state index in [0.29, 0.717) is 5.69 Å². The van der Waals surface area contributed by atoms with Crippen LogP contribution < -0.4 is 10.5 Å². The molecule has 2 aromatic rings. The first-order chi connectivity index (χ1) is 10.0. The lowest BCUT2D eigenvalue weighted by atomic mass is 10.2. The number of nitrogen functional groups attached to an aromatic ring is 1. The zero-order chi connectivity index (χ0) is 15.4. The summed E-state index contributed by atoms with van der Waals surface area (Å²) in [6.45, 7) is -0.138. The molecule has 0 spiro atoms. The predicted octanol–water partition coefficient (Wildman–Crippen LogP) is 2.91. The molecule has 0 atom stereocenters.